The second-order valence-corrected chi connectivity index (χ2v) is 4.43. The van der Waals surface area contributed by atoms with Crippen molar-refractivity contribution in [2.75, 3.05) is 0 Å². The molecule has 0 aliphatic rings. The van der Waals surface area contributed by atoms with E-state index in [-0.39, 0.29) is 6.42 Å². The fraction of sp³-hybridized carbons (Fsp3) is 0.357. The Kier molecular flexibility index (Phi) is 4.27. The summed E-state index contributed by atoms with van der Waals surface area (Å²) in [5.41, 5.74) is 0.352. The summed E-state index contributed by atoms with van der Waals surface area (Å²) in [6, 6.07) is 3.43. The Morgan fingerprint density at radius 2 is 2.11 bits per heavy atom. The smallest absolute Gasteiger partial charge is 0.159 e. The molecule has 0 fully saturated rings. The van der Waals surface area contributed by atoms with Crippen LogP contribution in [-0.2, 0) is 13.0 Å². The largest absolute Gasteiger partial charge is 0.388 e. The predicted octanol–water partition coefficient (Wildman–Crippen LogP) is 2.85. The van der Waals surface area contributed by atoms with Crippen LogP contribution in [0.4, 0.5) is 8.78 Å². The molecule has 0 aliphatic carbocycles. The van der Waals surface area contributed by atoms with Crippen molar-refractivity contribution in [3.63, 3.8) is 0 Å². The van der Waals surface area contributed by atoms with Crippen LogP contribution in [0.5, 0.6) is 0 Å². The molecule has 1 N–H and O–H groups in total. The van der Waals surface area contributed by atoms with Crippen molar-refractivity contribution in [2.45, 2.75) is 32.4 Å². The molecule has 3 nitrogen and oxygen atoms in total. The van der Waals surface area contributed by atoms with Crippen molar-refractivity contribution in [3.8, 4) is 0 Å². The van der Waals surface area contributed by atoms with Gasteiger partial charge in [0.1, 0.15) is 5.82 Å². The molecule has 2 rings (SSSR count). The number of imidazole rings is 1. The highest BCUT2D eigenvalue weighted by atomic mass is 19.2. The highest BCUT2D eigenvalue weighted by molar-refractivity contribution is 5.21. The fourth-order valence-electron chi connectivity index (χ4n) is 1.98. The Morgan fingerprint density at radius 1 is 1.32 bits per heavy atom. The van der Waals surface area contributed by atoms with Crippen molar-refractivity contribution in [1.29, 1.82) is 0 Å². The van der Waals surface area contributed by atoms with Gasteiger partial charge in [0.2, 0.25) is 0 Å². The average molecular weight is 266 g/mol. The van der Waals surface area contributed by atoms with Gasteiger partial charge in [-0.1, -0.05) is 13.0 Å². The number of hydrogen-bond acceptors (Lipinski definition) is 2. The van der Waals surface area contributed by atoms with Gasteiger partial charge in [0.05, 0.1) is 6.10 Å². The lowest BCUT2D eigenvalue weighted by Crippen LogP contribution is -2.09. The topological polar surface area (TPSA) is 38.0 Å². The molecule has 0 radical (unpaired) electrons. The van der Waals surface area contributed by atoms with Gasteiger partial charge in [-0.3, -0.25) is 0 Å². The molecule has 1 unspecified atom stereocenters. The summed E-state index contributed by atoms with van der Waals surface area (Å²) >= 11 is 0. The molecule has 0 aliphatic heterocycles. The number of aliphatic hydroxyl groups is 1. The van der Waals surface area contributed by atoms with Crippen LogP contribution < -0.4 is 0 Å². The van der Waals surface area contributed by atoms with E-state index in [0.29, 0.717) is 5.56 Å². The molecule has 1 heterocycles. The Balaban J connectivity index is 2.13. The third-order valence-corrected chi connectivity index (χ3v) is 2.97. The number of aromatic nitrogens is 2. The maximum Gasteiger partial charge on any atom is 0.159 e. The molecule has 0 amide bonds. The van der Waals surface area contributed by atoms with E-state index >= 15 is 0 Å². The monoisotopic (exact) mass is 266 g/mol. The molecular weight excluding hydrogens is 250 g/mol. The van der Waals surface area contributed by atoms with Crippen molar-refractivity contribution in [3.05, 3.63) is 53.6 Å². The molecule has 1 atom stereocenters. The second kappa shape index (κ2) is 5.93. The summed E-state index contributed by atoms with van der Waals surface area (Å²) < 4.78 is 27.9. The first-order valence-electron chi connectivity index (χ1n) is 6.24. The Bertz CT molecular complexity index is 554. The van der Waals surface area contributed by atoms with Gasteiger partial charge in [-0.05, 0) is 24.1 Å². The van der Waals surface area contributed by atoms with Gasteiger partial charge in [-0.2, -0.15) is 0 Å². The van der Waals surface area contributed by atoms with Gasteiger partial charge >= 0.3 is 0 Å². The first kappa shape index (κ1) is 13.7. The normalized spacial score (nSPS) is 12.6. The summed E-state index contributed by atoms with van der Waals surface area (Å²) in [5, 5.41) is 10.1. The van der Waals surface area contributed by atoms with Crippen molar-refractivity contribution in [1.82, 2.24) is 9.55 Å². The molecule has 1 aromatic heterocycles. The zero-order valence-electron chi connectivity index (χ0n) is 10.7. The van der Waals surface area contributed by atoms with E-state index in [4.69, 9.17) is 0 Å². The van der Waals surface area contributed by atoms with Crippen LogP contribution in [-0.4, -0.2) is 14.7 Å². The maximum atomic E-state index is 13.1. The van der Waals surface area contributed by atoms with Crippen LogP contribution in [0.3, 0.4) is 0 Å². The summed E-state index contributed by atoms with van der Waals surface area (Å²) in [6.45, 7) is 2.87. The Labute approximate surface area is 110 Å². The van der Waals surface area contributed by atoms with E-state index in [2.05, 4.69) is 11.9 Å². The maximum absolute atomic E-state index is 13.1. The van der Waals surface area contributed by atoms with Crippen LogP contribution in [0.2, 0.25) is 0 Å². The Hall–Kier alpha value is -1.75. The van der Waals surface area contributed by atoms with E-state index in [1.807, 2.05) is 10.8 Å². The summed E-state index contributed by atoms with van der Waals surface area (Å²) in [5.74, 6) is -1.13. The van der Waals surface area contributed by atoms with Gasteiger partial charge in [-0.25, -0.2) is 13.8 Å². The van der Waals surface area contributed by atoms with Crippen LogP contribution in [0, 0.1) is 11.6 Å². The molecular formula is C14H16F2N2O. The third-order valence-electron chi connectivity index (χ3n) is 2.97. The van der Waals surface area contributed by atoms with E-state index in [0.717, 1.165) is 30.9 Å². The lowest BCUT2D eigenvalue weighted by atomic mass is 10.1. The molecule has 5 heteroatoms. The molecule has 0 saturated carbocycles. The Morgan fingerprint density at radius 3 is 2.79 bits per heavy atom. The van der Waals surface area contributed by atoms with Crippen LogP contribution >= 0.6 is 0 Å². The minimum Gasteiger partial charge on any atom is -0.388 e. The van der Waals surface area contributed by atoms with Crippen LogP contribution in [0.1, 0.15) is 30.8 Å². The molecule has 0 saturated heterocycles. The molecule has 2 aromatic rings. The van der Waals surface area contributed by atoms with Crippen molar-refractivity contribution in [2.24, 2.45) is 0 Å². The third kappa shape index (κ3) is 3.17. The van der Waals surface area contributed by atoms with Crippen LogP contribution in [0.15, 0.2) is 30.6 Å². The summed E-state index contributed by atoms with van der Waals surface area (Å²) in [7, 11) is 0. The van der Waals surface area contributed by atoms with Crippen LogP contribution in [0.25, 0.3) is 0 Å². The number of benzene rings is 1. The molecule has 0 spiro atoms. The first-order valence-corrected chi connectivity index (χ1v) is 6.24. The highest BCUT2D eigenvalue weighted by Crippen LogP contribution is 2.20. The van der Waals surface area contributed by atoms with Gasteiger partial charge < -0.3 is 9.67 Å². The highest BCUT2D eigenvalue weighted by Gasteiger charge is 2.14. The lowest BCUT2D eigenvalue weighted by Gasteiger charge is -2.12. The molecule has 102 valence electrons. The molecule has 0 bridgehead atoms. The van der Waals surface area contributed by atoms with E-state index < -0.39 is 17.7 Å². The quantitative estimate of drug-likeness (QED) is 0.903. The number of halogens is 2. The average Bonchev–Trinajstić information content (AvgIpc) is 2.80. The number of aliphatic hydroxyl groups excluding tert-OH is 1. The predicted molar refractivity (Wildman–Crippen MR) is 67.5 cm³/mol. The van der Waals surface area contributed by atoms with E-state index in [1.165, 1.54) is 6.07 Å². The first-order chi connectivity index (χ1) is 9.11. The number of aryl methyl sites for hydroxylation is 1. The number of nitrogens with zero attached hydrogens (tertiary/aromatic N) is 2. The van der Waals surface area contributed by atoms with E-state index in [9.17, 15) is 13.9 Å². The van der Waals surface area contributed by atoms with Crippen molar-refractivity contribution >= 4 is 0 Å². The second-order valence-electron chi connectivity index (χ2n) is 4.43. The number of rotatable bonds is 5. The lowest BCUT2D eigenvalue weighted by molar-refractivity contribution is 0.173. The minimum atomic E-state index is -0.951. The zero-order valence-corrected chi connectivity index (χ0v) is 10.7. The van der Waals surface area contributed by atoms with E-state index in [1.54, 1.807) is 6.20 Å². The molecule has 1 aromatic carbocycles. The zero-order chi connectivity index (χ0) is 13.8. The van der Waals surface area contributed by atoms with Gasteiger partial charge in [0, 0.05) is 25.4 Å². The summed E-state index contributed by atoms with van der Waals surface area (Å²) in [6.07, 6.45) is 3.86. The minimum absolute atomic E-state index is 0.276. The fourth-order valence-corrected chi connectivity index (χ4v) is 1.98. The summed E-state index contributed by atoms with van der Waals surface area (Å²) in [4.78, 5) is 4.18. The van der Waals surface area contributed by atoms with Gasteiger partial charge in [-0.15, -0.1) is 0 Å². The SMILES string of the molecule is CCCn1ccnc1CC(O)c1ccc(F)c(F)c1. The number of hydrogen-bond donors (Lipinski definition) is 1. The van der Waals surface area contributed by atoms with Gasteiger partial charge in [0.15, 0.2) is 11.6 Å². The van der Waals surface area contributed by atoms with Crippen molar-refractivity contribution < 1.29 is 13.9 Å². The standard InChI is InChI=1S/C14H16F2N2O/c1-2-6-18-7-5-17-14(18)9-13(19)10-3-4-11(15)12(16)8-10/h3-5,7-8,13,19H,2,6,9H2,1H3. The van der Waals surface area contributed by atoms with Gasteiger partial charge in [0.25, 0.3) is 0 Å². The molecule has 19 heavy (non-hydrogen) atoms.